The van der Waals surface area contributed by atoms with Crippen molar-refractivity contribution >= 4 is 16.8 Å². The number of rotatable bonds is 1. The van der Waals surface area contributed by atoms with E-state index < -0.39 is 0 Å². The van der Waals surface area contributed by atoms with Crippen molar-refractivity contribution in [2.75, 3.05) is 39.9 Å². The first-order chi connectivity index (χ1) is 12.0. The Bertz CT molecular complexity index is 876. The lowest BCUT2D eigenvalue weighted by molar-refractivity contribution is 0.0435. The van der Waals surface area contributed by atoms with E-state index in [1.165, 1.54) is 6.07 Å². The molecule has 0 unspecified atom stereocenters. The number of benzene rings is 1. The number of nitrogens with one attached hydrogen (secondary N) is 1. The normalized spacial score (nSPS) is 24.3. The van der Waals surface area contributed by atoms with Gasteiger partial charge in [0.25, 0.3) is 5.91 Å². The number of amides is 1. The van der Waals surface area contributed by atoms with Gasteiger partial charge in [-0.2, -0.15) is 0 Å². The highest BCUT2D eigenvalue weighted by atomic mass is 16.5. The van der Waals surface area contributed by atoms with Crippen LogP contribution in [0.4, 0.5) is 0 Å². The molecule has 2 fully saturated rings. The molecule has 6 nitrogen and oxygen atoms in total. The lowest BCUT2D eigenvalue weighted by Crippen LogP contribution is -2.45. The highest BCUT2D eigenvalue weighted by Crippen LogP contribution is 2.23. The van der Waals surface area contributed by atoms with E-state index >= 15 is 0 Å². The van der Waals surface area contributed by atoms with Crippen LogP contribution >= 0.6 is 0 Å². The average molecular weight is 341 g/mol. The number of fused-ring (bicyclic) bond motifs is 4. The molecule has 2 aromatic rings. The zero-order valence-corrected chi connectivity index (χ0v) is 14.6. The molecule has 1 aromatic carbocycles. The number of pyridine rings is 1. The van der Waals surface area contributed by atoms with Crippen LogP contribution in [0.15, 0.2) is 29.1 Å². The van der Waals surface area contributed by atoms with Crippen molar-refractivity contribution in [3.05, 3.63) is 45.7 Å². The molecule has 132 valence electrons. The van der Waals surface area contributed by atoms with Crippen molar-refractivity contribution in [3.63, 3.8) is 0 Å². The van der Waals surface area contributed by atoms with E-state index in [1.807, 2.05) is 30.0 Å². The van der Waals surface area contributed by atoms with Crippen molar-refractivity contribution in [2.45, 2.75) is 13.0 Å². The molecule has 0 spiro atoms. The third-order valence-corrected chi connectivity index (χ3v) is 5.26. The molecular weight excluding hydrogens is 318 g/mol. The first kappa shape index (κ1) is 16.3. The zero-order chi connectivity index (χ0) is 17.6. The van der Waals surface area contributed by atoms with Crippen LogP contribution in [-0.4, -0.2) is 66.6 Å². The summed E-state index contributed by atoms with van der Waals surface area (Å²) in [7, 11) is 2.09. The van der Waals surface area contributed by atoms with E-state index in [0.29, 0.717) is 43.3 Å². The standard InChI is InChI=1S/C19H23N3O3/c1-12-3-4-17-15(5-12)16(6-18(23)20-17)19(24)22-8-13-7-21(2)14(9-22)11-25-10-13/h3-6,13-14H,7-11H2,1-2H3,(H,20,23)/t13-,14+/m1/s1. The minimum absolute atomic E-state index is 0.0612. The molecule has 2 atom stereocenters. The fourth-order valence-electron chi connectivity index (χ4n) is 3.93. The predicted octanol–water partition coefficient (Wildman–Crippen LogP) is 1.24. The molecule has 1 amide bonds. The van der Waals surface area contributed by atoms with Gasteiger partial charge in [0.2, 0.25) is 5.56 Å². The molecule has 6 heteroatoms. The van der Waals surface area contributed by atoms with Crippen LogP contribution in [0.1, 0.15) is 15.9 Å². The Balaban J connectivity index is 1.75. The molecule has 1 N–H and O–H groups in total. The van der Waals surface area contributed by atoms with Crippen LogP contribution in [0.5, 0.6) is 0 Å². The molecular formula is C19H23N3O3. The third kappa shape index (κ3) is 3.07. The van der Waals surface area contributed by atoms with Crippen LogP contribution in [0.3, 0.4) is 0 Å². The Kier molecular flexibility index (Phi) is 4.09. The Morgan fingerprint density at radius 1 is 1.20 bits per heavy atom. The van der Waals surface area contributed by atoms with E-state index in [0.717, 1.165) is 17.5 Å². The average Bonchev–Trinajstić information content (AvgIpc) is 2.82. The van der Waals surface area contributed by atoms with Crippen molar-refractivity contribution in [2.24, 2.45) is 5.92 Å². The number of aryl methyl sites for hydroxylation is 1. The smallest absolute Gasteiger partial charge is 0.254 e. The molecule has 3 heterocycles. The summed E-state index contributed by atoms with van der Waals surface area (Å²) in [5.74, 6) is 0.241. The number of hydrogen-bond donors (Lipinski definition) is 1. The summed E-state index contributed by atoms with van der Waals surface area (Å²) in [6, 6.07) is 7.40. The SMILES string of the molecule is Cc1ccc2[nH]c(=O)cc(C(=O)N3C[C@@H]4COC[C@H](C3)N(C)C4)c2c1. The molecule has 0 aliphatic carbocycles. The second-order valence-electron chi connectivity index (χ2n) is 7.30. The van der Waals surface area contributed by atoms with Gasteiger partial charge in [-0.25, -0.2) is 0 Å². The summed E-state index contributed by atoms with van der Waals surface area (Å²) in [6.45, 7) is 5.54. The van der Waals surface area contributed by atoms with Gasteiger partial charge in [-0.15, -0.1) is 0 Å². The van der Waals surface area contributed by atoms with Gasteiger partial charge in [0, 0.05) is 42.5 Å². The topological polar surface area (TPSA) is 65.6 Å². The van der Waals surface area contributed by atoms with Gasteiger partial charge in [0.15, 0.2) is 0 Å². The highest BCUT2D eigenvalue weighted by molar-refractivity contribution is 6.06. The van der Waals surface area contributed by atoms with Crippen molar-refractivity contribution < 1.29 is 9.53 Å². The zero-order valence-electron chi connectivity index (χ0n) is 14.6. The fraction of sp³-hybridized carbons (Fsp3) is 0.474. The van der Waals surface area contributed by atoms with Gasteiger partial charge in [-0.1, -0.05) is 11.6 Å². The number of likely N-dealkylation sites (N-methyl/N-ethyl adjacent to an activating group) is 1. The van der Waals surface area contributed by atoms with Gasteiger partial charge in [0.05, 0.1) is 24.8 Å². The van der Waals surface area contributed by atoms with Crippen LogP contribution in [0.25, 0.3) is 10.9 Å². The monoisotopic (exact) mass is 341 g/mol. The first-order valence-corrected chi connectivity index (χ1v) is 8.72. The van der Waals surface area contributed by atoms with Crippen molar-refractivity contribution in [3.8, 4) is 0 Å². The van der Waals surface area contributed by atoms with Crippen LogP contribution in [0, 0.1) is 12.8 Å². The first-order valence-electron chi connectivity index (χ1n) is 8.72. The molecule has 2 aliphatic rings. The van der Waals surface area contributed by atoms with Crippen molar-refractivity contribution in [1.29, 1.82) is 0 Å². The van der Waals surface area contributed by atoms with E-state index in [2.05, 4.69) is 16.9 Å². The number of aromatic nitrogens is 1. The quantitative estimate of drug-likeness (QED) is 0.848. The highest BCUT2D eigenvalue weighted by Gasteiger charge is 2.34. The minimum Gasteiger partial charge on any atom is -0.379 e. The van der Waals surface area contributed by atoms with Crippen LogP contribution in [-0.2, 0) is 4.74 Å². The molecule has 25 heavy (non-hydrogen) atoms. The second kappa shape index (κ2) is 6.28. The predicted molar refractivity (Wildman–Crippen MR) is 95.9 cm³/mol. The van der Waals surface area contributed by atoms with Gasteiger partial charge >= 0.3 is 0 Å². The summed E-state index contributed by atoms with van der Waals surface area (Å²) in [5.41, 5.74) is 2.02. The van der Waals surface area contributed by atoms with Crippen molar-refractivity contribution in [1.82, 2.24) is 14.8 Å². The summed E-state index contributed by atoms with van der Waals surface area (Å²) < 4.78 is 5.74. The van der Waals surface area contributed by atoms with E-state index in [4.69, 9.17) is 4.74 Å². The largest absolute Gasteiger partial charge is 0.379 e. The number of carbonyl (C=O) groups excluding carboxylic acids is 1. The van der Waals surface area contributed by atoms with Crippen LogP contribution < -0.4 is 5.56 Å². The summed E-state index contributed by atoms with van der Waals surface area (Å²) in [5, 5.41) is 0.809. The van der Waals surface area contributed by atoms with Gasteiger partial charge < -0.3 is 14.6 Å². The number of H-pyrrole nitrogens is 1. The molecule has 0 saturated carbocycles. The Labute approximate surface area is 146 Å². The van der Waals surface area contributed by atoms with E-state index in [9.17, 15) is 9.59 Å². The molecule has 2 saturated heterocycles. The number of carbonyl (C=O) groups is 1. The second-order valence-corrected chi connectivity index (χ2v) is 7.30. The number of aromatic amines is 1. The maximum Gasteiger partial charge on any atom is 0.254 e. The third-order valence-electron chi connectivity index (χ3n) is 5.26. The Hall–Kier alpha value is -2.18. The maximum atomic E-state index is 13.3. The lowest BCUT2D eigenvalue weighted by Gasteiger charge is -2.30. The maximum absolute atomic E-state index is 13.3. The molecule has 2 aliphatic heterocycles. The number of ether oxygens (including phenoxy) is 1. The van der Waals surface area contributed by atoms with Gasteiger partial charge in [-0.3, -0.25) is 14.5 Å². The number of hydrogen-bond acceptors (Lipinski definition) is 4. The summed E-state index contributed by atoms with van der Waals surface area (Å²) >= 11 is 0. The fourth-order valence-corrected chi connectivity index (χ4v) is 3.93. The summed E-state index contributed by atoms with van der Waals surface area (Å²) in [4.78, 5) is 32.3. The minimum atomic E-state index is -0.241. The lowest BCUT2D eigenvalue weighted by atomic mass is 10.0. The molecule has 2 bridgehead atoms. The molecule has 1 aromatic heterocycles. The van der Waals surface area contributed by atoms with Crippen LogP contribution in [0.2, 0.25) is 0 Å². The van der Waals surface area contributed by atoms with E-state index in [1.54, 1.807) is 0 Å². The Morgan fingerprint density at radius 3 is 2.88 bits per heavy atom. The van der Waals surface area contributed by atoms with Gasteiger partial charge in [0.1, 0.15) is 0 Å². The Morgan fingerprint density at radius 2 is 2.04 bits per heavy atom. The van der Waals surface area contributed by atoms with Gasteiger partial charge in [-0.05, 0) is 26.1 Å². The molecule has 4 rings (SSSR count). The molecule has 0 radical (unpaired) electrons. The summed E-state index contributed by atoms with van der Waals surface area (Å²) in [6.07, 6.45) is 0. The van der Waals surface area contributed by atoms with E-state index in [-0.39, 0.29) is 17.5 Å². The number of nitrogens with zero attached hydrogens (tertiary/aromatic N) is 2.